The predicted molar refractivity (Wildman–Crippen MR) is 90.7 cm³/mol. The summed E-state index contributed by atoms with van der Waals surface area (Å²) in [4.78, 5) is 36.6. The molecule has 2 aromatic carbocycles. The number of hydrogen-bond acceptors (Lipinski definition) is 5. The highest BCUT2D eigenvalue weighted by molar-refractivity contribution is 6.16. The lowest BCUT2D eigenvalue weighted by molar-refractivity contribution is -0.143. The van der Waals surface area contributed by atoms with Gasteiger partial charge in [0.2, 0.25) is 0 Å². The Bertz CT molecular complexity index is 903. The fourth-order valence-corrected chi connectivity index (χ4v) is 2.66. The summed E-state index contributed by atoms with van der Waals surface area (Å²) in [6.07, 6.45) is 1.55. The maximum Gasteiger partial charge on any atom is 0.329 e. The van der Waals surface area contributed by atoms with Crippen LogP contribution in [0.1, 0.15) is 5.56 Å². The van der Waals surface area contributed by atoms with Gasteiger partial charge in [-0.3, -0.25) is 9.59 Å². The van der Waals surface area contributed by atoms with Crippen LogP contribution in [0.15, 0.2) is 42.1 Å². The van der Waals surface area contributed by atoms with Crippen LogP contribution >= 0.6 is 0 Å². The number of methoxy groups -OCH3 is 2. The van der Waals surface area contributed by atoms with E-state index in [2.05, 4.69) is 10.1 Å². The lowest BCUT2D eigenvalue weighted by Crippen LogP contribution is -2.36. The molecule has 25 heavy (non-hydrogen) atoms. The fourth-order valence-electron chi connectivity index (χ4n) is 2.66. The number of ether oxygens (including phenoxy) is 2. The second-order valence-electron chi connectivity index (χ2n) is 5.36. The van der Waals surface area contributed by atoms with Gasteiger partial charge in [0.15, 0.2) is 0 Å². The van der Waals surface area contributed by atoms with Crippen molar-refractivity contribution in [3.8, 4) is 5.75 Å². The number of imide groups is 1. The van der Waals surface area contributed by atoms with Crippen molar-refractivity contribution in [2.24, 2.45) is 0 Å². The average Bonchev–Trinajstić information content (AvgIpc) is 2.89. The molecule has 1 heterocycles. The zero-order chi connectivity index (χ0) is 18.0. The first-order valence-electron chi connectivity index (χ1n) is 7.52. The number of nitrogens with zero attached hydrogens (tertiary/aromatic N) is 1. The molecule has 0 aromatic heterocycles. The van der Waals surface area contributed by atoms with Crippen LogP contribution < -0.4 is 10.1 Å². The van der Waals surface area contributed by atoms with Gasteiger partial charge in [0, 0.05) is 5.56 Å². The molecule has 0 radical (unpaired) electrons. The van der Waals surface area contributed by atoms with Gasteiger partial charge in [0.1, 0.15) is 18.0 Å². The van der Waals surface area contributed by atoms with Gasteiger partial charge in [-0.25, -0.2) is 9.69 Å². The van der Waals surface area contributed by atoms with Crippen molar-refractivity contribution in [2.45, 2.75) is 0 Å². The third-order valence-electron chi connectivity index (χ3n) is 3.92. The molecule has 1 aliphatic heterocycles. The Hall–Kier alpha value is -3.35. The number of benzene rings is 2. The number of carbonyl (C=O) groups is 3. The van der Waals surface area contributed by atoms with Crippen molar-refractivity contribution in [3.63, 3.8) is 0 Å². The summed E-state index contributed by atoms with van der Waals surface area (Å²) in [7, 11) is 2.73. The Balaban J connectivity index is 2.04. The van der Waals surface area contributed by atoms with E-state index < -0.39 is 24.5 Å². The predicted octanol–water partition coefficient (Wildman–Crippen LogP) is 1.91. The molecular weight excluding hydrogens is 324 g/mol. The van der Waals surface area contributed by atoms with E-state index in [1.807, 2.05) is 30.3 Å². The molecule has 7 nitrogen and oxygen atoms in total. The SMILES string of the molecule is COC(=O)CN1C(=O)NC(=Cc2c(OC)ccc3ccccc23)C1=O. The molecular formula is C18H16N2O5. The van der Waals surface area contributed by atoms with Crippen molar-refractivity contribution >= 4 is 34.8 Å². The first-order chi connectivity index (χ1) is 12.0. The van der Waals surface area contributed by atoms with Crippen LogP contribution in [0.4, 0.5) is 4.79 Å². The quantitative estimate of drug-likeness (QED) is 0.522. The van der Waals surface area contributed by atoms with Crippen molar-refractivity contribution in [1.29, 1.82) is 0 Å². The fraction of sp³-hybridized carbons (Fsp3) is 0.167. The Morgan fingerprint density at radius 1 is 1.16 bits per heavy atom. The molecule has 2 aromatic rings. The van der Waals surface area contributed by atoms with Crippen molar-refractivity contribution in [1.82, 2.24) is 10.2 Å². The average molecular weight is 340 g/mol. The smallest absolute Gasteiger partial charge is 0.329 e. The van der Waals surface area contributed by atoms with Gasteiger partial charge in [0.25, 0.3) is 5.91 Å². The Morgan fingerprint density at radius 2 is 1.92 bits per heavy atom. The first-order valence-corrected chi connectivity index (χ1v) is 7.52. The molecule has 7 heteroatoms. The van der Waals surface area contributed by atoms with E-state index in [9.17, 15) is 14.4 Å². The Labute approximate surface area is 143 Å². The second kappa shape index (κ2) is 6.64. The molecule has 0 bridgehead atoms. The number of esters is 1. The zero-order valence-electron chi connectivity index (χ0n) is 13.7. The van der Waals surface area contributed by atoms with Crippen molar-refractivity contribution in [3.05, 3.63) is 47.7 Å². The molecule has 1 aliphatic rings. The van der Waals surface area contributed by atoms with E-state index in [-0.39, 0.29) is 5.70 Å². The van der Waals surface area contributed by atoms with Crippen LogP contribution in [0.5, 0.6) is 5.75 Å². The van der Waals surface area contributed by atoms with Crippen molar-refractivity contribution in [2.75, 3.05) is 20.8 Å². The van der Waals surface area contributed by atoms with Crippen LogP contribution in [0.25, 0.3) is 16.8 Å². The standard InChI is InChI=1S/C18H16N2O5/c1-24-15-8-7-11-5-3-4-6-12(11)13(15)9-14-17(22)20(18(23)19-14)10-16(21)25-2/h3-9H,10H2,1-2H3,(H,19,23). The summed E-state index contributed by atoms with van der Waals surface area (Å²) in [6, 6.07) is 10.7. The number of amides is 3. The maximum absolute atomic E-state index is 12.4. The molecule has 1 saturated heterocycles. The highest BCUT2D eigenvalue weighted by Crippen LogP contribution is 2.30. The minimum atomic E-state index is -0.674. The molecule has 3 rings (SSSR count). The highest BCUT2D eigenvalue weighted by atomic mass is 16.5. The number of carbonyl (C=O) groups excluding carboxylic acids is 3. The molecule has 0 spiro atoms. The maximum atomic E-state index is 12.4. The molecule has 3 amide bonds. The largest absolute Gasteiger partial charge is 0.496 e. The number of nitrogens with one attached hydrogen (secondary N) is 1. The van der Waals surface area contributed by atoms with E-state index >= 15 is 0 Å². The topological polar surface area (TPSA) is 84.9 Å². The van der Waals surface area contributed by atoms with E-state index in [0.29, 0.717) is 11.3 Å². The van der Waals surface area contributed by atoms with Gasteiger partial charge in [-0.1, -0.05) is 30.3 Å². The van der Waals surface area contributed by atoms with Crippen molar-refractivity contribution < 1.29 is 23.9 Å². The van der Waals surface area contributed by atoms with Gasteiger partial charge in [0.05, 0.1) is 14.2 Å². The summed E-state index contributed by atoms with van der Waals surface area (Å²) in [6.45, 7) is -0.439. The van der Waals surface area contributed by atoms with Gasteiger partial charge in [-0.05, 0) is 22.9 Å². The third kappa shape index (κ3) is 3.03. The van der Waals surface area contributed by atoms with E-state index in [4.69, 9.17) is 4.74 Å². The molecule has 0 unspecified atom stereocenters. The lowest BCUT2D eigenvalue weighted by Gasteiger charge is -2.10. The van der Waals surface area contributed by atoms with Crippen LogP contribution in [-0.2, 0) is 14.3 Å². The summed E-state index contributed by atoms with van der Waals surface area (Å²) in [5.41, 5.74) is 0.743. The summed E-state index contributed by atoms with van der Waals surface area (Å²) in [5, 5.41) is 4.33. The van der Waals surface area contributed by atoms with Gasteiger partial charge in [-0.2, -0.15) is 0 Å². The van der Waals surface area contributed by atoms with Gasteiger partial charge < -0.3 is 14.8 Å². The molecule has 0 saturated carbocycles. The number of fused-ring (bicyclic) bond motifs is 1. The third-order valence-corrected chi connectivity index (χ3v) is 3.92. The summed E-state index contributed by atoms with van der Waals surface area (Å²) in [5.74, 6) is -0.697. The number of urea groups is 1. The van der Waals surface area contributed by atoms with E-state index in [0.717, 1.165) is 15.7 Å². The first kappa shape index (κ1) is 16.5. The normalized spacial score (nSPS) is 15.6. The van der Waals surface area contributed by atoms with Crippen LogP contribution in [-0.4, -0.2) is 43.6 Å². The minimum Gasteiger partial charge on any atom is -0.496 e. The molecule has 0 aliphatic carbocycles. The highest BCUT2D eigenvalue weighted by Gasteiger charge is 2.35. The van der Waals surface area contributed by atoms with E-state index in [1.54, 1.807) is 12.1 Å². The zero-order valence-corrected chi connectivity index (χ0v) is 13.7. The van der Waals surface area contributed by atoms with Gasteiger partial charge >= 0.3 is 12.0 Å². The van der Waals surface area contributed by atoms with Crippen LogP contribution in [0.2, 0.25) is 0 Å². The molecule has 128 valence electrons. The Kier molecular flexibility index (Phi) is 4.38. The lowest BCUT2D eigenvalue weighted by atomic mass is 10.0. The number of hydrogen-bond donors (Lipinski definition) is 1. The van der Waals surface area contributed by atoms with E-state index in [1.165, 1.54) is 14.2 Å². The number of rotatable bonds is 4. The monoisotopic (exact) mass is 340 g/mol. The van der Waals surface area contributed by atoms with Crippen LogP contribution in [0, 0.1) is 0 Å². The van der Waals surface area contributed by atoms with Crippen LogP contribution in [0.3, 0.4) is 0 Å². The molecule has 1 N–H and O–H groups in total. The summed E-state index contributed by atoms with van der Waals surface area (Å²) < 4.78 is 9.88. The van der Waals surface area contributed by atoms with Gasteiger partial charge in [-0.15, -0.1) is 0 Å². The minimum absolute atomic E-state index is 0.0727. The molecule has 0 atom stereocenters. The Morgan fingerprint density at radius 3 is 2.64 bits per heavy atom. The molecule has 1 fully saturated rings. The summed E-state index contributed by atoms with van der Waals surface area (Å²) >= 11 is 0. The second-order valence-corrected chi connectivity index (χ2v) is 5.36.